The van der Waals surface area contributed by atoms with Crippen LogP contribution < -0.4 is 0 Å². The van der Waals surface area contributed by atoms with Gasteiger partial charge in [-0.1, -0.05) is 18.5 Å². The Labute approximate surface area is 136 Å². The molecule has 0 radical (unpaired) electrons. The van der Waals surface area contributed by atoms with E-state index in [1.807, 2.05) is 6.92 Å². The summed E-state index contributed by atoms with van der Waals surface area (Å²) in [5.74, 6) is -0.260. The molecule has 1 heterocycles. The average molecular weight is 404 g/mol. The Hall–Kier alpha value is -0.150. The van der Waals surface area contributed by atoms with Crippen molar-refractivity contribution in [1.82, 2.24) is 9.21 Å². The van der Waals surface area contributed by atoms with Crippen molar-refractivity contribution in [2.75, 3.05) is 27.2 Å². The van der Waals surface area contributed by atoms with Crippen LogP contribution >= 0.6 is 38.9 Å². The molecule has 0 spiro atoms. The Bertz CT molecular complexity index is 567. The number of halogens is 2. The van der Waals surface area contributed by atoms with Crippen LogP contribution in [0.1, 0.15) is 13.3 Å². The van der Waals surface area contributed by atoms with Gasteiger partial charge in [-0.25, -0.2) is 8.42 Å². The Morgan fingerprint density at radius 1 is 1.45 bits per heavy atom. The lowest BCUT2D eigenvalue weighted by molar-refractivity contribution is -0.128. The summed E-state index contributed by atoms with van der Waals surface area (Å²) in [5.41, 5.74) is 0. The number of nitrogens with zero attached hydrogens (tertiary/aromatic N) is 2. The monoisotopic (exact) mass is 402 g/mol. The molecule has 0 aliphatic carbocycles. The summed E-state index contributed by atoms with van der Waals surface area (Å²) in [6.45, 7) is 1.98. The van der Waals surface area contributed by atoms with Crippen molar-refractivity contribution in [3.8, 4) is 0 Å². The smallest absolute Gasteiger partial charge is 0.253 e. The van der Waals surface area contributed by atoms with E-state index in [1.54, 1.807) is 14.1 Å². The second-order valence-corrected chi connectivity index (χ2v) is 9.26. The van der Waals surface area contributed by atoms with Gasteiger partial charge in [0.05, 0.1) is 15.4 Å². The minimum atomic E-state index is -3.70. The maximum absolute atomic E-state index is 12.5. The van der Waals surface area contributed by atoms with Crippen LogP contribution in [-0.4, -0.2) is 50.7 Å². The topological polar surface area (TPSA) is 57.7 Å². The summed E-state index contributed by atoms with van der Waals surface area (Å²) in [6.07, 6.45) is 0.625. The number of carbonyl (C=O) groups excluding carboxylic acids is 1. The molecule has 0 saturated carbocycles. The maximum atomic E-state index is 12.5. The lowest BCUT2D eigenvalue weighted by Crippen LogP contribution is -2.40. The fraction of sp³-hybridized carbons (Fsp3) is 0.545. The van der Waals surface area contributed by atoms with Gasteiger partial charge < -0.3 is 4.90 Å². The number of hydrogen-bond acceptors (Lipinski definition) is 4. The van der Waals surface area contributed by atoms with E-state index in [-0.39, 0.29) is 23.2 Å². The van der Waals surface area contributed by atoms with Crippen LogP contribution in [0.25, 0.3) is 0 Å². The molecule has 1 amide bonds. The van der Waals surface area contributed by atoms with Crippen LogP contribution in [0.15, 0.2) is 14.1 Å². The Balaban J connectivity index is 3.09. The SMILES string of the molecule is CCCN(CC(=O)N(C)C)S(=O)(=O)c1cc(Cl)c(Br)s1. The van der Waals surface area contributed by atoms with E-state index < -0.39 is 10.0 Å². The van der Waals surface area contributed by atoms with Gasteiger partial charge in [-0.15, -0.1) is 11.3 Å². The Kier molecular flexibility index (Phi) is 6.46. The Morgan fingerprint density at radius 2 is 2.05 bits per heavy atom. The molecular formula is C11H16BrClN2O3S2. The second kappa shape index (κ2) is 7.22. The van der Waals surface area contributed by atoms with Crippen molar-refractivity contribution >= 4 is 54.8 Å². The molecule has 0 bridgehead atoms. The molecule has 0 saturated heterocycles. The molecule has 0 N–H and O–H groups in total. The molecule has 114 valence electrons. The van der Waals surface area contributed by atoms with Crippen LogP contribution in [0.3, 0.4) is 0 Å². The third kappa shape index (κ3) is 4.17. The highest BCUT2D eigenvalue weighted by Crippen LogP contribution is 2.35. The quantitative estimate of drug-likeness (QED) is 0.733. The van der Waals surface area contributed by atoms with Gasteiger partial charge in [0.25, 0.3) is 10.0 Å². The molecule has 9 heteroatoms. The van der Waals surface area contributed by atoms with Gasteiger partial charge >= 0.3 is 0 Å². The van der Waals surface area contributed by atoms with Gasteiger partial charge in [-0.3, -0.25) is 4.79 Å². The first-order valence-corrected chi connectivity index (χ1v) is 9.28. The molecule has 0 aliphatic heterocycles. The minimum Gasteiger partial charge on any atom is -0.348 e. The van der Waals surface area contributed by atoms with E-state index in [4.69, 9.17) is 11.6 Å². The molecule has 1 aromatic rings. The molecule has 0 atom stereocenters. The maximum Gasteiger partial charge on any atom is 0.253 e. The molecule has 5 nitrogen and oxygen atoms in total. The van der Waals surface area contributed by atoms with Gasteiger partial charge in [0.15, 0.2) is 0 Å². The van der Waals surface area contributed by atoms with Crippen LogP contribution in [-0.2, 0) is 14.8 Å². The molecule has 0 aliphatic rings. The third-order valence-corrected chi connectivity index (χ3v) is 7.27. The first-order chi connectivity index (χ1) is 9.20. The summed E-state index contributed by atoms with van der Waals surface area (Å²) in [5, 5.41) is 0.351. The van der Waals surface area contributed by atoms with Crippen molar-refractivity contribution in [3.05, 3.63) is 14.9 Å². The summed E-state index contributed by atoms with van der Waals surface area (Å²) in [6, 6.07) is 1.40. The summed E-state index contributed by atoms with van der Waals surface area (Å²) in [4.78, 5) is 13.1. The van der Waals surface area contributed by atoms with E-state index in [2.05, 4.69) is 15.9 Å². The van der Waals surface area contributed by atoms with Crippen LogP contribution in [0.2, 0.25) is 5.02 Å². The van der Waals surface area contributed by atoms with Crippen LogP contribution in [0.5, 0.6) is 0 Å². The molecule has 0 aromatic carbocycles. The predicted molar refractivity (Wildman–Crippen MR) is 84.8 cm³/mol. The lowest BCUT2D eigenvalue weighted by atomic mass is 10.4. The number of thiophene rings is 1. The van der Waals surface area contributed by atoms with E-state index in [0.717, 1.165) is 11.3 Å². The normalized spacial score (nSPS) is 11.9. The molecule has 0 fully saturated rings. The fourth-order valence-corrected chi connectivity index (χ4v) is 5.44. The lowest BCUT2D eigenvalue weighted by Gasteiger charge is -2.22. The van der Waals surface area contributed by atoms with Crippen LogP contribution in [0, 0.1) is 0 Å². The van der Waals surface area contributed by atoms with E-state index in [1.165, 1.54) is 15.3 Å². The van der Waals surface area contributed by atoms with Crippen molar-refractivity contribution in [2.45, 2.75) is 17.6 Å². The summed E-state index contributed by atoms with van der Waals surface area (Å²) >= 11 is 10.1. The fourth-order valence-electron chi connectivity index (χ4n) is 1.41. The first-order valence-electron chi connectivity index (χ1n) is 5.85. The van der Waals surface area contributed by atoms with Gasteiger partial charge in [-0.2, -0.15) is 4.31 Å². The second-order valence-electron chi connectivity index (χ2n) is 4.31. The summed E-state index contributed by atoms with van der Waals surface area (Å²) < 4.78 is 26.9. The zero-order valence-corrected chi connectivity index (χ0v) is 15.4. The third-order valence-electron chi connectivity index (χ3n) is 2.50. The predicted octanol–water partition coefficient (Wildman–Crippen LogP) is 2.65. The largest absolute Gasteiger partial charge is 0.348 e. The van der Waals surface area contributed by atoms with E-state index in [0.29, 0.717) is 15.2 Å². The van der Waals surface area contributed by atoms with Crippen molar-refractivity contribution in [2.24, 2.45) is 0 Å². The number of carbonyl (C=O) groups is 1. The van der Waals surface area contributed by atoms with Gasteiger partial charge in [-0.05, 0) is 28.4 Å². The first kappa shape index (κ1) is 17.9. The number of hydrogen-bond donors (Lipinski definition) is 0. The van der Waals surface area contributed by atoms with Crippen molar-refractivity contribution in [1.29, 1.82) is 0 Å². The number of sulfonamides is 1. The minimum absolute atomic E-state index is 0.134. The molecule has 20 heavy (non-hydrogen) atoms. The number of amides is 1. The highest BCUT2D eigenvalue weighted by Gasteiger charge is 2.28. The standard InChI is InChI=1S/C11H16BrClN2O3S2/c1-4-5-15(7-9(16)14(2)3)20(17,18)10-6-8(13)11(12)19-10/h6H,4-5,7H2,1-3H3. The average Bonchev–Trinajstić information content (AvgIpc) is 2.69. The summed E-state index contributed by atoms with van der Waals surface area (Å²) in [7, 11) is -0.514. The molecule has 1 rings (SSSR count). The number of rotatable bonds is 6. The zero-order chi connectivity index (χ0) is 15.5. The van der Waals surface area contributed by atoms with E-state index >= 15 is 0 Å². The van der Waals surface area contributed by atoms with Crippen LogP contribution in [0.4, 0.5) is 0 Å². The zero-order valence-electron chi connectivity index (χ0n) is 11.4. The molecular weight excluding hydrogens is 388 g/mol. The Morgan fingerprint density at radius 3 is 2.45 bits per heavy atom. The van der Waals surface area contributed by atoms with Gasteiger partial charge in [0.2, 0.25) is 5.91 Å². The van der Waals surface area contributed by atoms with Gasteiger partial charge in [0.1, 0.15) is 4.21 Å². The van der Waals surface area contributed by atoms with E-state index in [9.17, 15) is 13.2 Å². The highest BCUT2D eigenvalue weighted by atomic mass is 79.9. The number of likely N-dealkylation sites (N-methyl/N-ethyl adjacent to an activating group) is 1. The highest BCUT2D eigenvalue weighted by molar-refractivity contribution is 9.11. The molecule has 0 unspecified atom stereocenters. The van der Waals surface area contributed by atoms with Crippen molar-refractivity contribution in [3.63, 3.8) is 0 Å². The van der Waals surface area contributed by atoms with Crippen molar-refractivity contribution < 1.29 is 13.2 Å². The van der Waals surface area contributed by atoms with Gasteiger partial charge in [0, 0.05) is 20.6 Å². The molecule has 1 aromatic heterocycles.